The summed E-state index contributed by atoms with van der Waals surface area (Å²) in [5, 5.41) is 3.02. The van der Waals surface area contributed by atoms with Gasteiger partial charge in [0, 0.05) is 44.7 Å². The van der Waals surface area contributed by atoms with Crippen LogP contribution in [0, 0.1) is 5.92 Å². The van der Waals surface area contributed by atoms with E-state index in [-0.39, 0.29) is 29.7 Å². The summed E-state index contributed by atoms with van der Waals surface area (Å²) in [7, 11) is 0. The standard InChI is InChI=1S/C21H34N4O3/c26-19(22-17-8-9-17)15-23-11-13-24(14-12-23)21(28)18-7-4-10-25(18)20(27)16-5-2-1-3-6-16/h16-18H,1-15H2,(H,22,26). The number of hydrogen-bond acceptors (Lipinski definition) is 4. The lowest BCUT2D eigenvalue weighted by atomic mass is 9.88. The first-order chi connectivity index (χ1) is 13.6. The van der Waals surface area contributed by atoms with Gasteiger partial charge in [-0.05, 0) is 38.5 Å². The van der Waals surface area contributed by atoms with E-state index in [1.165, 1.54) is 6.42 Å². The first-order valence-corrected chi connectivity index (χ1v) is 11.2. The summed E-state index contributed by atoms with van der Waals surface area (Å²) in [5.74, 6) is 0.556. The van der Waals surface area contributed by atoms with Crippen molar-refractivity contribution in [1.82, 2.24) is 20.0 Å². The van der Waals surface area contributed by atoms with Gasteiger partial charge in [0.15, 0.2) is 0 Å². The van der Waals surface area contributed by atoms with Gasteiger partial charge in [-0.15, -0.1) is 0 Å². The molecular weight excluding hydrogens is 356 g/mol. The van der Waals surface area contributed by atoms with Crippen molar-refractivity contribution in [3.8, 4) is 0 Å². The van der Waals surface area contributed by atoms with Gasteiger partial charge in [0.1, 0.15) is 6.04 Å². The van der Waals surface area contributed by atoms with Gasteiger partial charge in [0.05, 0.1) is 6.54 Å². The zero-order valence-corrected chi connectivity index (χ0v) is 16.9. The van der Waals surface area contributed by atoms with Gasteiger partial charge in [-0.1, -0.05) is 19.3 Å². The van der Waals surface area contributed by atoms with E-state index >= 15 is 0 Å². The van der Waals surface area contributed by atoms with Crippen molar-refractivity contribution < 1.29 is 14.4 Å². The lowest BCUT2D eigenvalue weighted by Crippen LogP contribution is -2.56. The second-order valence-corrected chi connectivity index (χ2v) is 8.97. The second kappa shape index (κ2) is 8.80. The topological polar surface area (TPSA) is 73.0 Å². The maximum absolute atomic E-state index is 13.1. The number of hydrogen-bond donors (Lipinski definition) is 1. The smallest absolute Gasteiger partial charge is 0.245 e. The molecule has 0 aromatic rings. The van der Waals surface area contributed by atoms with Crippen molar-refractivity contribution in [2.75, 3.05) is 39.3 Å². The van der Waals surface area contributed by atoms with Crippen molar-refractivity contribution >= 4 is 17.7 Å². The zero-order chi connectivity index (χ0) is 19.5. The third-order valence-electron chi connectivity index (χ3n) is 6.77. The molecule has 0 bridgehead atoms. The van der Waals surface area contributed by atoms with Crippen LogP contribution < -0.4 is 5.32 Å². The molecule has 0 aromatic carbocycles. The number of carbonyl (C=O) groups excluding carboxylic acids is 3. The van der Waals surface area contributed by atoms with Crippen LogP contribution in [0.4, 0.5) is 0 Å². The van der Waals surface area contributed by atoms with E-state index in [1.807, 2.05) is 9.80 Å². The van der Waals surface area contributed by atoms with Crippen LogP contribution in [0.15, 0.2) is 0 Å². The minimum absolute atomic E-state index is 0.0994. The molecular formula is C21H34N4O3. The van der Waals surface area contributed by atoms with Gasteiger partial charge in [-0.2, -0.15) is 0 Å². The third-order valence-corrected chi connectivity index (χ3v) is 6.77. The fourth-order valence-electron chi connectivity index (χ4n) is 4.91. The summed E-state index contributed by atoms with van der Waals surface area (Å²) in [4.78, 5) is 44.0. The van der Waals surface area contributed by atoms with Gasteiger partial charge >= 0.3 is 0 Å². The Labute approximate surface area is 167 Å². The number of nitrogens with one attached hydrogen (secondary N) is 1. The SMILES string of the molecule is O=C(CN1CCN(C(=O)C2CCCN2C(=O)C2CCCCC2)CC1)NC1CC1. The molecule has 2 aliphatic heterocycles. The number of likely N-dealkylation sites (tertiary alicyclic amines) is 1. The fourth-order valence-corrected chi connectivity index (χ4v) is 4.91. The van der Waals surface area contributed by atoms with E-state index < -0.39 is 0 Å². The molecule has 1 N–H and O–H groups in total. The van der Waals surface area contributed by atoms with Crippen molar-refractivity contribution in [3.63, 3.8) is 0 Å². The normalized spacial score (nSPS) is 27.1. The van der Waals surface area contributed by atoms with Crippen molar-refractivity contribution in [2.24, 2.45) is 5.92 Å². The Bertz CT molecular complexity index is 592. The average molecular weight is 391 g/mol. The summed E-state index contributed by atoms with van der Waals surface area (Å²) < 4.78 is 0. The van der Waals surface area contributed by atoms with Crippen LogP contribution >= 0.6 is 0 Å². The molecule has 156 valence electrons. The third kappa shape index (κ3) is 4.67. The molecule has 7 nitrogen and oxygen atoms in total. The molecule has 2 saturated carbocycles. The first kappa shape index (κ1) is 19.7. The summed E-state index contributed by atoms with van der Waals surface area (Å²) in [5.41, 5.74) is 0. The Hall–Kier alpha value is -1.63. The Balaban J connectivity index is 1.26. The molecule has 4 aliphatic rings. The molecule has 2 heterocycles. The Morgan fingerprint density at radius 2 is 1.46 bits per heavy atom. The Kier molecular flexibility index (Phi) is 6.19. The van der Waals surface area contributed by atoms with E-state index in [1.54, 1.807) is 0 Å². The molecule has 3 amide bonds. The number of amides is 3. The quantitative estimate of drug-likeness (QED) is 0.760. The Morgan fingerprint density at radius 1 is 0.750 bits per heavy atom. The largest absolute Gasteiger partial charge is 0.352 e. The second-order valence-electron chi connectivity index (χ2n) is 8.97. The van der Waals surface area contributed by atoms with Crippen LogP contribution in [0.3, 0.4) is 0 Å². The van der Waals surface area contributed by atoms with Crippen LogP contribution in [-0.4, -0.2) is 83.8 Å². The molecule has 2 aliphatic carbocycles. The maximum atomic E-state index is 13.1. The van der Waals surface area contributed by atoms with Gasteiger partial charge in [0.2, 0.25) is 17.7 Å². The molecule has 28 heavy (non-hydrogen) atoms. The van der Waals surface area contributed by atoms with Crippen LogP contribution in [0.2, 0.25) is 0 Å². The Morgan fingerprint density at radius 3 is 2.14 bits per heavy atom. The summed E-state index contributed by atoms with van der Waals surface area (Å²) in [6.45, 7) is 3.91. The summed E-state index contributed by atoms with van der Waals surface area (Å²) in [6.07, 6.45) is 9.40. The highest BCUT2D eigenvalue weighted by atomic mass is 16.2. The van der Waals surface area contributed by atoms with Crippen LogP contribution in [0.1, 0.15) is 57.8 Å². The van der Waals surface area contributed by atoms with Crippen molar-refractivity contribution in [2.45, 2.75) is 69.9 Å². The highest BCUT2D eigenvalue weighted by Crippen LogP contribution is 2.29. The number of piperazine rings is 1. The minimum atomic E-state index is -0.265. The van der Waals surface area contributed by atoms with Gasteiger partial charge in [-0.25, -0.2) is 0 Å². The molecule has 1 unspecified atom stereocenters. The van der Waals surface area contributed by atoms with Crippen LogP contribution in [0.5, 0.6) is 0 Å². The predicted molar refractivity (Wildman–Crippen MR) is 105 cm³/mol. The van der Waals surface area contributed by atoms with E-state index in [2.05, 4.69) is 10.2 Å². The van der Waals surface area contributed by atoms with E-state index in [0.29, 0.717) is 25.7 Å². The summed E-state index contributed by atoms with van der Waals surface area (Å²) in [6, 6.07) is 0.129. The summed E-state index contributed by atoms with van der Waals surface area (Å²) >= 11 is 0. The molecule has 2 saturated heterocycles. The highest BCUT2D eigenvalue weighted by Gasteiger charge is 2.39. The first-order valence-electron chi connectivity index (χ1n) is 11.2. The van der Waals surface area contributed by atoms with Gasteiger partial charge in [0.25, 0.3) is 0 Å². The maximum Gasteiger partial charge on any atom is 0.245 e. The molecule has 0 spiro atoms. The average Bonchev–Trinajstić information content (AvgIpc) is 3.39. The molecule has 0 radical (unpaired) electrons. The monoisotopic (exact) mass is 390 g/mol. The van der Waals surface area contributed by atoms with E-state index in [4.69, 9.17) is 0 Å². The number of carbonyl (C=O) groups is 3. The van der Waals surface area contributed by atoms with Crippen molar-refractivity contribution in [1.29, 1.82) is 0 Å². The molecule has 0 aromatic heterocycles. The molecule has 7 heteroatoms. The van der Waals surface area contributed by atoms with E-state index in [0.717, 1.165) is 71.0 Å². The van der Waals surface area contributed by atoms with E-state index in [9.17, 15) is 14.4 Å². The van der Waals surface area contributed by atoms with Crippen LogP contribution in [-0.2, 0) is 14.4 Å². The molecule has 4 fully saturated rings. The van der Waals surface area contributed by atoms with Gasteiger partial charge < -0.3 is 15.1 Å². The molecule has 1 atom stereocenters. The molecule has 4 rings (SSSR count). The van der Waals surface area contributed by atoms with Crippen LogP contribution in [0.25, 0.3) is 0 Å². The fraction of sp³-hybridized carbons (Fsp3) is 0.857. The lowest BCUT2D eigenvalue weighted by Gasteiger charge is -2.37. The lowest BCUT2D eigenvalue weighted by molar-refractivity contribution is -0.147. The van der Waals surface area contributed by atoms with Crippen molar-refractivity contribution in [3.05, 3.63) is 0 Å². The number of nitrogens with zero attached hydrogens (tertiary/aromatic N) is 3. The zero-order valence-electron chi connectivity index (χ0n) is 16.9. The predicted octanol–water partition coefficient (Wildman–Crippen LogP) is 0.981. The van der Waals surface area contributed by atoms with Gasteiger partial charge in [-0.3, -0.25) is 19.3 Å². The highest BCUT2D eigenvalue weighted by molar-refractivity contribution is 5.89. The number of rotatable bonds is 5. The minimum Gasteiger partial charge on any atom is -0.352 e.